The van der Waals surface area contributed by atoms with Gasteiger partial charge in [0.1, 0.15) is 11.8 Å². The zero-order chi connectivity index (χ0) is 40.2. The van der Waals surface area contributed by atoms with Gasteiger partial charge in [-0.1, -0.05) is 73.7 Å². The molecule has 0 saturated carbocycles. The number of nitrogens with zero attached hydrogens (tertiary/aromatic N) is 4. The van der Waals surface area contributed by atoms with Crippen molar-refractivity contribution in [2.24, 2.45) is 5.92 Å². The van der Waals surface area contributed by atoms with Crippen molar-refractivity contribution in [2.45, 2.75) is 57.9 Å². The van der Waals surface area contributed by atoms with E-state index in [4.69, 9.17) is 0 Å². The van der Waals surface area contributed by atoms with Crippen LogP contribution in [0.1, 0.15) is 88.4 Å². The average Bonchev–Trinajstić information content (AvgIpc) is 3.49. The molecule has 1 atom stereocenters. The number of anilines is 1. The van der Waals surface area contributed by atoms with Crippen LogP contribution in [0.25, 0.3) is 11.1 Å². The van der Waals surface area contributed by atoms with Crippen LogP contribution in [0.15, 0.2) is 97.1 Å². The molecule has 0 aromatic heterocycles. The lowest BCUT2D eigenvalue weighted by atomic mass is 9.87. The fourth-order valence-electron chi connectivity index (χ4n) is 9.25. The first kappa shape index (κ1) is 39.3. The van der Waals surface area contributed by atoms with Crippen LogP contribution in [0.5, 0.6) is 5.75 Å². The van der Waals surface area contributed by atoms with Crippen LogP contribution < -0.4 is 10.2 Å². The molecule has 4 aliphatic heterocycles. The van der Waals surface area contributed by atoms with E-state index in [2.05, 4.69) is 81.5 Å². The molecule has 0 spiro atoms. The molecule has 4 aromatic carbocycles. The van der Waals surface area contributed by atoms with Crippen LogP contribution in [0.4, 0.5) is 5.69 Å². The first-order chi connectivity index (χ1) is 28.2. The number of aryl methyl sites for hydroxylation is 1. The standard InChI is InChI=1S/C48H53N5O5/c1-2-40(35-8-4-3-5-9-35)45(37-14-17-39(54)18-15-37)36-12-10-33(11-13-36)7-6-24-50-25-22-34(23-26-50)32-51-27-29-52(30-28-51)38-16-19-41-42(31-38)48(58)53(47(41)57)43-20-21-44(55)49-46(43)56/h3-5,8-19,31,34,43,54H,2,6-7,20-30,32H2,1H3,(H,49,55,56)/b45-40+. The molecular weight excluding hydrogens is 727 g/mol. The summed E-state index contributed by atoms with van der Waals surface area (Å²) in [5.41, 5.74) is 8.94. The Bertz CT molecular complexity index is 2170. The van der Waals surface area contributed by atoms with E-state index in [1.165, 1.54) is 40.7 Å². The van der Waals surface area contributed by atoms with Gasteiger partial charge in [-0.2, -0.15) is 0 Å². The Balaban J connectivity index is 0.787. The molecule has 58 heavy (non-hydrogen) atoms. The number of benzene rings is 4. The van der Waals surface area contributed by atoms with E-state index in [-0.39, 0.29) is 24.5 Å². The summed E-state index contributed by atoms with van der Waals surface area (Å²) < 4.78 is 0. The number of hydrogen-bond donors (Lipinski definition) is 2. The van der Waals surface area contributed by atoms with E-state index in [1.807, 2.05) is 18.2 Å². The van der Waals surface area contributed by atoms with Gasteiger partial charge in [-0.05, 0) is 128 Å². The van der Waals surface area contributed by atoms with Crippen molar-refractivity contribution in [3.63, 3.8) is 0 Å². The number of nitrogens with one attached hydrogen (secondary N) is 1. The first-order valence-electron chi connectivity index (χ1n) is 21.0. The number of piperidine rings is 2. The number of phenols is 1. The molecule has 3 saturated heterocycles. The number of amides is 4. The second-order valence-corrected chi connectivity index (χ2v) is 16.2. The lowest BCUT2D eigenvalue weighted by molar-refractivity contribution is -0.136. The normalized spacial score (nSPS) is 20.0. The Kier molecular flexibility index (Phi) is 11.8. The van der Waals surface area contributed by atoms with E-state index in [9.17, 15) is 24.3 Å². The van der Waals surface area contributed by atoms with Crippen LogP contribution in [0.2, 0.25) is 0 Å². The van der Waals surface area contributed by atoms with Gasteiger partial charge >= 0.3 is 0 Å². The summed E-state index contributed by atoms with van der Waals surface area (Å²) in [6.45, 7) is 10.3. The lowest BCUT2D eigenvalue weighted by Gasteiger charge is -2.39. The molecule has 10 heteroatoms. The van der Waals surface area contributed by atoms with Crippen LogP contribution in [-0.2, 0) is 16.0 Å². The number of piperazine rings is 1. The largest absolute Gasteiger partial charge is 0.508 e. The molecule has 0 radical (unpaired) electrons. The van der Waals surface area contributed by atoms with Crippen molar-refractivity contribution in [1.82, 2.24) is 20.0 Å². The summed E-state index contributed by atoms with van der Waals surface area (Å²) in [6.07, 6.45) is 5.77. The van der Waals surface area contributed by atoms with Crippen LogP contribution in [-0.4, -0.2) is 102 Å². The molecule has 0 bridgehead atoms. The molecule has 2 N–H and O–H groups in total. The summed E-state index contributed by atoms with van der Waals surface area (Å²) in [7, 11) is 0. The number of imide groups is 2. The average molecular weight is 780 g/mol. The fourth-order valence-corrected chi connectivity index (χ4v) is 9.25. The van der Waals surface area contributed by atoms with Crippen LogP contribution in [0, 0.1) is 5.92 Å². The van der Waals surface area contributed by atoms with E-state index in [1.54, 1.807) is 24.3 Å². The zero-order valence-electron chi connectivity index (χ0n) is 33.4. The highest BCUT2D eigenvalue weighted by atomic mass is 16.3. The number of carbonyl (C=O) groups is 4. The molecule has 8 rings (SSSR count). The van der Waals surface area contributed by atoms with E-state index < -0.39 is 23.8 Å². The second kappa shape index (κ2) is 17.5. The molecule has 300 valence electrons. The Hall–Kier alpha value is -5.58. The molecular formula is C48H53N5O5. The van der Waals surface area contributed by atoms with Gasteiger partial charge in [0, 0.05) is 44.8 Å². The van der Waals surface area contributed by atoms with Crippen molar-refractivity contribution in [2.75, 3.05) is 57.3 Å². The van der Waals surface area contributed by atoms with Gasteiger partial charge in [0.2, 0.25) is 11.8 Å². The maximum absolute atomic E-state index is 13.3. The highest BCUT2D eigenvalue weighted by molar-refractivity contribution is 6.23. The molecule has 1 unspecified atom stereocenters. The predicted molar refractivity (Wildman–Crippen MR) is 226 cm³/mol. The third-order valence-corrected chi connectivity index (χ3v) is 12.5. The number of fused-ring (bicyclic) bond motifs is 1. The first-order valence-corrected chi connectivity index (χ1v) is 21.0. The summed E-state index contributed by atoms with van der Waals surface area (Å²) in [5.74, 6) is -0.940. The lowest BCUT2D eigenvalue weighted by Crippen LogP contribution is -2.54. The molecule has 4 aromatic rings. The monoisotopic (exact) mass is 779 g/mol. The van der Waals surface area contributed by atoms with Gasteiger partial charge in [-0.25, -0.2) is 0 Å². The van der Waals surface area contributed by atoms with Gasteiger partial charge in [0.25, 0.3) is 11.8 Å². The minimum atomic E-state index is -0.955. The SMILES string of the molecule is CC/C(=C(\c1ccc(O)cc1)c1ccc(CCCN2CCC(CN3CCN(c4ccc5c(c4)C(=O)N(C4CCC(=O)NC4=O)C5=O)CC3)CC2)cc1)c1ccccc1. The summed E-state index contributed by atoms with van der Waals surface area (Å²) in [6, 6.07) is 31.7. The van der Waals surface area contributed by atoms with Crippen molar-refractivity contribution < 1.29 is 24.3 Å². The number of rotatable bonds is 12. The third-order valence-electron chi connectivity index (χ3n) is 12.5. The van der Waals surface area contributed by atoms with Crippen LogP contribution in [0.3, 0.4) is 0 Å². The van der Waals surface area contributed by atoms with Crippen molar-refractivity contribution in [3.05, 3.63) is 130 Å². The topological polar surface area (TPSA) is 114 Å². The number of likely N-dealkylation sites (tertiary alicyclic amines) is 1. The second-order valence-electron chi connectivity index (χ2n) is 16.2. The third kappa shape index (κ3) is 8.49. The maximum atomic E-state index is 13.3. The van der Waals surface area contributed by atoms with Gasteiger partial charge in [-0.15, -0.1) is 0 Å². The van der Waals surface area contributed by atoms with Gasteiger partial charge in [-0.3, -0.25) is 34.3 Å². The smallest absolute Gasteiger partial charge is 0.262 e. The highest BCUT2D eigenvalue weighted by Crippen LogP contribution is 2.36. The number of allylic oxidation sites excluding steroid dienone is 1. The number of aromatic hydroxyl groups is 1. The maximum Gasteiger partial charge on any atom is 0.262 e. The highest BCUT2D eigenvalue weighted by Gasteiger charge is 2.45. The number of hydrogen-bond acceptors (Lipinski definition) is 8. The molecule has 4 aliphatic rings. The fraction of sp³-hybridized carbons (Fsp3) is 0.375. The van der Waals surface area contributed by atoms with E-state index in [0.717, 1.165) is 87.8 Å². The van der Waals surface area contributed by atoms with Gasteiger partial charge in [0.15, 0.2) is 0 Å². The predicted octanol–water partition coefficient (Wildman–Crippen LogP) is 6.63. The molecule has 4 heterocycles. The number of phenolic OH excluding ortho intramolecular Hbond substituents is 1. The van der Waals surface area contributed by atoms with E-state index >= 15 is 0 Å². The van der Waals surface area contributed by atoms with Crippen molar-refractivity contribution in [1.29, 1.82) is 0 Å². The minimum Gasteiger partial charge on any atom is -0.508 e. The van der Waals surface area contributed by atoms with Crippen molar-refractivity contribution >= 4 is 40.5 Å². The van der Waals surface area contributed by atoms with E-state index in [0.29, 0.717) is 17.0 Å². The Morgan fingerprint density at radius 2 is 1.38 bits per heavy atom. The summed E-state index contributed by atoms with van der Waals surface area (Å²) >= 11 is 0. The quantitative estimate of drug-likeness (QED) is 0.122. The Morgan fingerprint density at radius 1 is 0.707 bits per heavy atom. The molecule has 0 aliphatic carbocycles. The minimum absolute atomic E-state index is 0.106. The molecule has 4 amide bonds. The molecule has 3 fully saturated rings. The Morgan fingerprint density at radius 3 is 2.05 bits per heavy atom. The summed E-state index contributed by atoms with van der Waals surface area (Å²) in [5, 5.41) is 12.2. The van der Waals surface area contributed by atoms with Gasteiger partial charge < -0.3 is 14.9 Å². The van der Waals surface area contributed by atoms with Gasteiger partial charge in [0.05, 0.1) is 11.1 Å². The molecule has 10 nitrogen and oxygen atoms in total. The zero-order valence-corrected chi connectivity index (χ0v) is 33.4. The number of carbonyl (C=O) groups excluding carboxylic acids is 4. The summed E-state index contributed by atoms with van der Waals surface area (Å²) in [4.78, 5) is 59.0. The van der Waals surface area contributed by atoms with Crippen molar-refractivity contribution in [3.8, 4) is 5.75 Å². The van der Waals surface area contributed by atoms with Crippen LogP contribution >= 0.6 is 0 Å². The Labute approximate surface area is 341 Å².